The van der Waals surface area contributed by atoms with Crippen molar-refractivity contribution < 1.29 is 5.11 Å². The van der Waals surface area contributed by atoms with Crippen molar-refractivity contribution in [2.75, 3.05) is 0 Å². The Labute approximate surface area is 99.4 Å². The van der Waals surface area contributed by atoms with Gasteiger partial charge in [0.25, 0.3) is 0 Å². The normalized spacial score (nSPS) is 10.4. The summed E-state index contributed by atoms with van der Waals surface area (Å²) in [6.07, 6.45) is 3.67. The Morgan fingerprint density at radius 2 is 1.94 bits per heavy atom. The third kappa shape index (κ3) is 2.62. The quantitative estimate of drug-likeness (QED) is 0.881. The zero-order valence-electron chi connectivity index (χ0n) is 9.05. The van der Waals surface area contributed by atoms with E-state index in [0.717, 1.165) is 5.56 Å². The molecule has 0 unspecified atom stereocenters. The van der Waals surface area contributed by atoms with Crippen molar-refractivity contribution in [2.45, 2.75) is 23.3 Å². The largest absolute Gasteiger partial charge is 0.392 e. The monoisotopic (exact) mass is 231 g/mol. The molecule has 0 bridgehead atoms. The Hall–Kier alpha value is -1.32. The number of benzene rings is 1. The molecule has 82 valence electrons. The van der Waals surface area contributed by atoms with Crippen molar-refractivity contribution in [2.24, 2.45) is 0 Å². The van der Waals surface area contributed by atoms with Gasteiger partial charge in [0.1, 0.15) is 0 Å². The Morgan fingerprint density at radius 3 is 2.56 bits per heavy atom. The molecule has 16 heavy (non-hydrogen) atoms. The predicted molar refractivity (Wildman–Crippen MR) is 65.5 cm³/mol. The van der Waals surface area contributed by atoms with E-state index in [1.165, 1.54) is 15.4 Å². The highest BCUT2D eigenvalue weighted by atomic mass is 32.2. The van der Waals surface area contributed by atoms with Crippen molar-refractivity contribution in [3.05, 3.63) is 53.9 Å². The van der Waals surface area contributed by atoms with E-state index in [4.69, 9.17) is 5.11 Å². The molecule has 1 aromatic carbocycles. The van der Waals surface area contributed by atoms with Crippen LogP contribution < -0.4 is 0 Å². The Morgan fingerprint density at radius 1 is 1.19 bits per heavy atom. The predicted octanol–water partition coefficient (Wildman–Crippen LogP) is 3.03. The summed E-state index contributed by atoms with van der Waals surface area (Å²) in [6, 6.07) is 9.95. The topological polar surface area (TPSA) is 33.1 Å². The van der Waals surface area contributed by atoms with Gasteiger partial charge in [-0.05, 0) is 36.2 Å². The van der Waals surface area contributed by atoms with Crippen LogP contribution in [0.15, 0.2) is 52.5 Å². The van der Waals surface area contributed by atoms with Gasteiger partial charge in [0.15, 0.2) is 0 Å². The number of aromatic nitrogens is 1. The summed E-state index contributed by atoms with van der Waals surface area (Å²) in [5, 5.41) is 8.95. The van der Waals surface area contributed by atoms with Gasteiger partial charge in [0.2, 0.25) is 0 Å². The lowest BCUT2D eigenvalue weighted by Crippen LogP contribution is -1.83. The van der Waals surface area contributed by atoms with E-state index < -0.39 is 0 Å². The molecule has 0 fully saturated rings. The average molecular weight is 231 g/mol. The molecule has 2 rings (SSSR count). The van der Waals surface area contributed by atoms with Crippen LogP contribution in [0, 0.1) is 6.92 Å². The van der Waals surface area contributed by atoms with Crippen LogP contribution in [-0.4, -0.2) is 10.1 Å². The number of hydrogen-bond acceptors (Lipinski definition) is 3. The Kier molecular flexibility index (Phi) is 3.59. The fourth-order valence-corrected chi connectivity index (χ4v) is 2.23. The molecule has 0 saturated heterocycles. The standard InChI is InChI=1S/C13H13NOS/c1-10-8-14-7-6-13(10)16-12-4-2-11(9-15)3-5-12/h2-8,15H,9H2,1H3. The van der Waals surface area contributed by atoms with E-state index in [1.54, 1.807) is 18.0 Å². The second kappa shape index (κ2) is 5.14. The van der Waals surface area contributed by atoms with Gasteiger partial charge in [0.05, 0.1) is 6.61 Å². The summed E-state index contributed by atoms with van der Waals surface area (Å²) in [5.41, 5.74) is 2.12. The molecule has 0 aliphatic carbocycles. The van der Waals surface area contributed by atoms with Crippen LogP contribution in [0.2, 0.25) is 0 Å². The molecule has 2 aromatic rings. The number of aliphatic hydroxyl groups is 1. The van der Waals surface area contributed by atoms with Crippen molar-refractivity contribution in [3.8, 4) is 0 Å². The van der Waals surface area contributed by atoms with Crippen LogP contribution >= 0.6 is 11.8 Å². The summed E-state index contributed by atoms with van der Waals surface area (Å²) in [6.45, 7) is 2.15. The molecular formula is C13H13NOS. The third-order valence-electron chi connectivity index (χ3n) is 2.30. The second-order valence-corrected chi connectivity index (χ2v) is 4.66. The molecule has 2 nitrogen and oxygen atoms in total. The summed E-state index contributed by atoms with van der Waals surface area (Å²) in [5.74, 6) is 0. The fourth-order valence-electron chi connectivity index (χ4n) is 1.37. The molecular weight excluding hydrogens is 218 g/mol. The van der Waals surface area contributed by atoms with E-state index in [2.05, 4.69) is 11.9 Å². The molecule has 1 heterocycles. The lowest BCUT2D eigenvalue weighted by Gasteiger charge is -2.05. The van der Waals surface area contributed by atoms with Gasteiger partial charge in [-0.1, -0.05) is 23.9 Å². The minimum atomic E-state index is 0.0965. The molecule has 0 aliphatic heterocycles. The minimum absolute atomic E-state index is 0.0965. The van der Waals surface area contributed by atoms with Crippen LogP contribution in [0.25, 0.3) is 0 Å². The molecule has 1 N–H and O–H groups in total. The van der Waals surface area contributed by atoms with Crippen LogP contribution in [0.3, 0.4) is 0 Å². The van der Waals surface area contributed by atoms with E-state index >= 15 is 0 Å². The van der Waals surface area contributed by atoms with Crippen LogP contribution in [0.4, 0.5) is 0 Å². The first kappa shape index (κ1) is 11.2. The molecule has 3 heteroatoms. The van der Waals surface area contributed by atoms with Crippen LogP contribution in [0.1, 0.15) is 11.1 Å². The first-order valence-electron chi connectivity index (χ1n) is 5.08. The molecule has 0 spiro atoms. The lowest BCUT2D eigenvalue weighted by molar-refractivity contribution is 0.282. The minimum Gasteiger partial charge on any atom is -0.392 e. The lowest BCUT2D eigenvalue weighted by atomic mass is 10.2. The highest BCUT2D eigenvalue weighted by Gasteiger charge is 2.00. The number of rotatable bonds is 3. The van der Waals surface area contributed by atoms with Crippen LogP contribution in [0.5, 0.6) is 0 Å². The van der Waals surface area contributed by atoms with Gasteiger partial charge < -0.3 is 5.11 Å². The highest BCUT2D eigenvalue weighted by Crippen LogP contribution is 2.29. The average Bonchev–Trinajstić information content (AvgIpc) is 2.33. The second-order valence-electron chi connectivity index (χ2n) is 3.55. The number of pyridine rings is 1. The zero-order valence-corrected chi connectivity index (χ0v) is 9.87. The molecule has 0 radical (unpaired) electrons. The maximum absolute atomic E-state index is 8.95. The van der Waals surface area contributed by atoms with Gasteiger partial charge >= 0.3 is 0 Å². The summed E-state index contributed by atoms with van der Waals surface area (Å²) in [7, 11) is 0. The summed E-state index contributed by atoms with van der Waals surface area (Å²) >= 11 is 1.71. The van der Waals surface area contributed by atoms with Crippen molar-refractivity contribution >= 4 is 11.8 Å². The summed E-state index contributed by atoms with van der Waals surface area (Å²) in [4.78, 5) is 6.45. The van der Waals surface area contributed by atoms with E-state index in [1.807, 2.05) is 36.5 Å². The smallest absolute Gasteiger partial charge is 0.0681 e. The zero-order chi connectivity index (χ0) is 11.4. The van der Waals surface area contributed by atoms with Gasteiger partial charge in [-0.15, -0.1) is 0 Å². The Balaban J connectivity index is 2.18. The summed E-state index contributed by atoms with van der Waals surface area (Å²) < 4.78 is 0. The van der Waals surface area contributed by atoms with Crippen LogP contribution in [-0.2, 0) is 6.61 Å². The van der Waals surface area contributed by atoms with Gasteiger partial charge in [0, 0.05) is 22.2 Å². The van der Waals surface area contributed by atoms with Gasteiger partial charge in [-0.25, -0.2) is 0 Å². The molecule has 0 atom stereocenters. The maximum atomic E-state index is 8.95. The maximum Gasteiger partial charge on any atom is 0.0681 e. The van der Waals surface area contributed by atoms with E-state index in [9.17, 15) is 0 Å². The number of hydrogen-bond donors (Lipinski definition) is 1. The molecule has 1 aromatic heterocycles. The van der Waals surface area contributed by atoms with Gasteiger partial charge in [-0.3, -0.25) is 4.98 Å². The van der Waals surface area contributed by atoms with Gasteiger partial charge in [-0.2, -0.15) is 0 Å². The van der Waals surface area contributed by atoms with E-state index in [0.29, 0.717) is 0 Å². The van der Waals surface area contributed by atoms with Crippen molar-refractivity contribution in [1.29, 1.82) is 0 Å². The number of aryl methyl sites for hydroxylation is 1. The van der Waals surface area contributed by atoms with Crippen molar-refractivity contribution in [1.82, 2.24) is 4.98 Å². The first-order chi connectivity index (χ1) is 7.79. The number of nitrogens with zero attached hydrogens (tertiary/aromatic N) is 1. The van der Waals surface area contributed by atoms with E-state index in [-0.39, 0.29) is 6.61 Å². The fraction of sp³-hybridized carbons (Fsp3) is 0.154. The highest BCUT2D eigenvalue weighted by molar-refractivity contribution is 7.99. The Bertz CT molecular complexity index is 468. The third-order valence-corrected chi connectivity index (χ3v) is 3.49. The van der Waals surface area contributed by atoms with Crippen molar-refractivity contribution in [3.63, 3.8) is 0 Å². The molecule has 0 amide bonds. The molecule has 0 saturated carbocycles. The first-order valence-corrected chi connectivity index (χ1v) is 5.89. The SMILES string of the molecule is Cc1cnccc1Sc1ccc(CO)cc1. The number of aliphatic hydroxyl groups excluding tert-OH is 1. The molecule has 0 aliphatic rings.